The molecule has 1 saturated heterocycles. The normalized spacial score (nSPS) is 17.8. The van der Waals surface area contributed by atoms with Crippen LogP contribution >= 0.6 is 23.2 Å². The van der Waals surface area contributed by atoms with Gasteiger partial charge in [-0.05, 0) is 57.0 Å². The minimum absolute atomic E-state index is 0.312. The van der Waals surface area contributed by atoms with Crippen molar-refractivity contribution in [2.45, 2.75) is 37.8 Å². The van der Waals surface area contributed by atoms with Gasteiger partial charge in [0.05, 0.1) is 6.20 Å². The number of hydrogen-bond donors (Lipinski definition) is 3. The molecule has 0 unspecified atom stereocenters. The lowest BCUT2D eigenvalue weighted by Gasteiger charge is -2.26. The van der Waals surface area contributed by atoms with E-state index in [1.165, 1.54) is 12.8 Å². The Kier molecular flexibility index (Phi) is 4.74. The van der Waals surface area contributed by atoms with E-state index in [4.69, 9.17) is 33.2 Å². The van der Waals surface area contributed by atoms with Gasteiger partial charge in [0.15, 0.2) is 5.65 Å². The van der Waals surface area contributed by atoms with Crippen LogP contribution in [0.3, 0.4) is 0 Å². The van der Waals surface area contributed by atoms with Gasteiger partial charge in [0.1, 0.15) is 5.52 Å². The van der Waals surface area contributed by atoms with Crippen LogP contribution in [-0.2, 0) is 0 Å². The highest BCUT2D eigenvalue weighted by Crippen LogP contribution is 2.32. The van der Waals surface area contributed by atoms with Crippen LogP contribution in [0.15, 0.2) is 24.4 Å². The van der Waals surface area contributed by atoms with E-state index in [-0.39, 0.29) is 0 Å². The third kappa shape index (κ3) is 3.74. The highest BCUT2D eigenvalue weighted by atomic mass is 35.5. The molecule has 0 radical (unpaired) electrons. The van der Waals surface area contributed by atoms with Crippen molar-refractivity contribution in [3.05, 3.63) is 34.4 Å². The third-order valence-corrected chi connectivity index (χ3v) is 5.57. The summed E-state index contributed by atoms with van der Waals surface area (Å²) in [6.45, 7) is 1.95. The van der Waals surface area contributed by atoms with Crippen molar-refractivity contribution in [1.82, 2.24) is 24.8 Å². The fourth-order valence-electron chi connectivity index (χ4n) is 3.62. The van der Waals surface area contributed by atoms with Crippen LogP contribution in [0, 0.1) is 0 Å². The second-order valence-electron chi connectivity index (χ2n) is 7.39. The molecule has 1 aliphatic heterocycles. The molecule has 2 aromatic heterocycles. The van der Waals surface area contributed by atoms with Crippen molar-refractivity contribution in [1.29, 1.82) is 0 Å². The Hall–Kier alpha value is -2.09. The number of piperidine rings is 1. The number of halogens is 2. The molecule has 0 bridgehead atoms. The Morgan fingerprint density at radius 1 is 1.00 bits per heavy atom. The van der Waals surface area contributed by atoms with Gasteiger partial charge in [0.25, 0.3) is 0 Å². The zero-order chi connectivity index (χ0) is 19.1. The summed E-state index contributed by atoms with van der Waals surface area (Å²) < 4.78 is 2.20. The molecule has 3 heterocycles. The lowest BCUT2D eigenvalue weighted by molar-refractivity contribution is 0.377. The molecule has 1 aliphatic carbocycles. The second kappa shape index (κ2) is 7.39. The molecule has 9 heteroatoms. The molecular weight excluding hydrogens is 397 g/mol. The maximum absolute atomic E-state index is 6.17. The van der Waals surface area contributed by atoms with E-state index < -0.39 is 0 Å². The smallest absolute Gasteiger partial charge is 0.224 e. The summed E-state index contributed by atoms with van der Waals surface area (Å²) in [5, 5.41) is 11.3. The molecule has 28 heavy (non-hydrogen) atoms. The zero-order valence-electron chi connectivity index (χ0n) is 15.3. The van der Waals surface area contributed by atoms with Crippen LogP contribution in [0.25, 0.3) is 11.2 Å². The molecule has 7 nitrogen and oxygen atoms in total. The lowest BCUT2D eigenvalue weighted by Crippen LogP contribution is -2.30. The van der Waals surface area contributed by atoms with E-state index in [0.29, 0.717) is 28.1 Å². The van der Waals surface area contributed by atoms with Gasteiger partial charge in [0, 0.05) is 27.8 Å². The summed E-state index contributed by atoms with van der Waals surface area (Å²) in [6.07, 6.45) is 6.19. The first-order valence-corrected chi connectivity index (χ1v) is 10.4. The minimum atomic E-state index is 0.312. The Bertz CT molecular complexity index is 989. The van der Waals surface area contributed by atoms with Crippen LogP contribution < -0.4 is 16.0 Å². The van der Waals surface area contributed by atoms with Gasteiger partial charge in [-0.25, -0.2) is 9.97 Å². The van der Waals surface area contributed by atoms with Gasteiger partial charge in [-0.3, -0.25) is 4.57 Å². The van der Waals surface area contributed by atoms with Crippen molar-refractivity contribution in [2.75, 3.05) is 23.7 Å². The molecule has 146 valence electrons. The number of benzene rings is 1. The summed E-state index contributed by atoms with van der Waals surface area (Å²) in [6, 6.07) is 6.20. The van der Waals surface area contributed by atoms with Crippen molar-refractivity contribution in [3.63, 3.8) is 0 Å². The summed E-state index contributed by atoms with van der Waals surface area (Å²) in [7, 11) is 0. The summed E-state index contributed by atoms with van der Waals surface area (Å²) in [4.78, 5) is 14.0. The predicted molar refractivity (Wildman–Crippen MR) is 113 cm³/mol. The van der Waals surface area contributed by atoms with Gasteiger partial charge in [-0.1, -0.05) is 23.2 Å². The Morgan fingerprint density at radius 2 is 1.75 bits per heavy atom. The van der Waals surface area contributed by atoms with Gasteiger partial charge >= 0.3 is 0 Å². The van der Waals surface area contributed by atoms with Crippen LogP contribution in [0.4, 0.5) is 17.6 Å². The number of nitrogens with one attached hydrogen (secondary N) is 3. The van der Waals surface area contributed by atoms with Gasteiger partial charge < -0.3 is 16.0 Å². The lowest BCUT2D eigenvalue weighted by atomic mass is 10.1. The van der Waals surface area contributed by atoms with Crippen LogP contribution in [-0.4, -0.2) is 38.7 Å². The van der Waals surface area contributed by atoms with Gasteiger partial charge in [0.2, 0.25) is 11.9 Å². The molecule has 3 N–H and O–H groups in total. The first-order valence-electron chi connectivity index (χ1n) is 9.61. The molecule has 2 aliphatic rings. The van der Waals surface area contributed by atoms with Gasteiger partial charge in [-0.15, -0.1) is 0 Å². The Balaban J connectivity index is 1.57. The first-order chi connectivity index (χ1) is 13.7. The molecule has 1 aromatic carbocycles. The molecule has 0 spiro atoms. The number of fused-ring (bicyclic) bond motifs is 1. The highest BCUT2D eigenvalue weighted by Gasteiger charge is 2.25. The molecule has 5 rings (SSSR count). The number of anilines is 3. The summed E-state index contributed by atoms with van der Waals surface area (Å²) in [5.41, 5.74) is 2.42. The molecule has 1 saturated carbocycles. The van der Waals surface area contributed by atoms with E-state index in [2.05, 4.69) is 25.5 Å². The third-order valence-electron chi connectivity index (χ3n) is 5.14. The fourth-order valence-corrected chi connectivity index (χ4v) is 4.15. The van der Waals surface area contributed by atoms with Crippen molar-refractivity contribution < 1.29 is 0 Å². The van der Waals surface area contributed by atoms with E-state index in [1.807, 2.05) is 12.1 Å². The maximum Gasteiger partial charge on any atom is 0.224 e. The average molecular weight is 418 g/mol. The standard InChI is InChI=1S/C19H21Cl2N7/c20-11-7-12(21)9-14(8-11)25-19-26-16-10-23-18(24-13-1-2-13)27-17(16)28(19)15-3-5-22-6-4-15/h7-10,13,15,22H,1-6H2,(H,25,26)(H,23,24,27). The maximum atomic E-state index is 6.17. The van der Waals surface area contributed by atoms with Crippen LogP contribution in [0.2, 0.25) is 10.0 Å². The summed E-state index contributed by atoms with van der Waals surface area (Å²) in [5.74, 6) is 1.40. The van der Waals surface area contributed by atoms with Crippen molar-refractivity contribution >= 4 is 51.9 Å². The largest absolute Gasteiger partial charge is 0.351 e. The number of nitrogens with zero attached hydrogens (tertiary/aromatic N) is 4. The Morgan fingerprint density at radius 3 is 2.46 bits per heavy atom. The number of imidazole rings is 1. The van der Waals surface area contributed by atoms with E-state index >= 15 is 0 Å². The molecular formula is C19H21Cl2N7. The first kappa shape index (κ1) is 18.0. The van der Waals surface area contributed by atoms with E-state index in [9.17, 15) is 0 Å². The topological polar surface area (TPSA) is 79.7 Å². The average Bonchev–Trinajstić information content (AvgIpc) is 3.41. The fraction of sp³-hybridized carbons (Fsp3) is 0.421. The second-order valence-corrected chi connectivity index (χ2v) is 8.26. The van der Waals surface area contributed by atoms with E-state index in [0.717, 1.165) is 48.7 Å². The number of rotatable bonds is 5. The molecule has 0 amide bonds. The van der Waals surface area contributed by atoms with Gasteiger partial charge in [-0.2, -0.15) is 4.98 Å². The molecule has 3 aromatic rings. The SMILES string of the molecule is Clc1cc(Cl)cc(Nc2nc3cnc(NC4CC4)nc3n2C2CCNCC2)c1. The highest BCUT2D eigenvalue weighted by molar-refractivity contribution is 6.35. The predicted octanol–water partition coefficient (Wildman–Crippen LogP) is 4.38. The monoisotopic (exact) mass is 417 g/mol. The molecule has 2 fully saturated rings. The van der Waals surface area contributed by atoms with Crippen molar-refractivity contribution in [3.8, 4) is 0 Å². The van der Waals surface area contributed by atoms with Crippen molar-refractivity contribution in [2.24, 2.45) is 0 Å². The Labute approximate surface area is 172 Å². The zero-order valence-corrected chi connectivity index (χ0v) is 16.8. The van der Waals surface area contributed by atoms with Crippen LogP contribution in [0.5, 0.6) is 0 Å². The minimum Gasteiger partial charge on any atom is -0.351 e. The summed E-state index contributed by atoms with van der Waals surface area (Å²) >= 11 is 12.3. The molecule has 0 atom stereocenters. The van der Waals surface area contributed by atoms with Crippen LogP contribution in [0.1, 0.15) is 31.7 Å². The number of aromatic nitrogens is 4. The quantitative estimate of drug-likeness (QED) is 0.571. The van der Waals surface area contributed by atoms with E-state index in [1.54, 1.807) is 12.3 Å². The number of hydrogen-bond acceptors (Lipinski definition) is 6.